The fraction of sp³-hybridized carbons (Fsp3) is 0.467. The number of fused-ring (bicyclic) bond motifs is 1. The molecule has 2 atom stereocenters. The van der Waals surface area contributed by atoms with E-state index in [9.17, 15) is 0 Å². The van der Waals surface area contributed by atoms with E-state index in [2.05, 4.69) is 26.0 Å². The Morgan fingerprint density at radius 2 is 1.96 bits per heavy atom. The van der Waals surface area contributed by atoms with Gasteiger partial charge in [0.25, 0.3) is 0 Å². The second-order valence-electron chi connectivity index (χ2n) is 5.69. The molecule has 8 nitrogen and oxygen atoms in total. The Hall–Kier alpha value is -2.50. The van der Waals surface area contributed by atoms with E-state index in [0.717, 1.165) is 18.9 Å². The van der Waals surface area contributed by atoms with Crippen LogP contribution in [0, 0.1) is 11.3 Å². The summed E-state index contributed by atoms with van der Waals surface area (Å²) in [7, 11) is 0. The summed E-state index contributed by atoms with van der Waals surface area (Å²) in [6.45, 7) is 2.57. The number of ether oxygens (including phenoxy) is 2. The van der Waals surface area contributed by atoms with Crippen LogP contribution in [-0.2, 0) is 9.47 Å². The Balaban J connectivity index is 1.42. The van der Waals surface area contributed by atoms with E-state index >= 15 is 0 Å². The summed E-state index contributed by atoms with van der Waals surface area (Å²) in [4.78, 5) is 10.4. The number of aromatic nitrogens is 4. The summed E-state index contributed by atoms with van der Waals surface area (Å²) in [6, 6.07) is 5.78. The minimum Gasteiger partial charge on any atom is -0.371 e. The minimum atomic E-state index is 0.0148. The summed E-state index contributed by atoms with van der Waals surface area (Å²) < 4.78 is 13.8. The molecule has 2 fully saturated rings. The van der Waals surface area contributed by atoms with Crippen molar-refractivity contribution in [3.8, 4) is 6.07 Å². The van der Waals surface area contributed by atoms with Crippen LogP contribution in [0.1, 0.15) is 11.6 Å². The second kappa shape index (κ2) is 5.95. The summed E-state index contributed by atoms with van der Waals surface area (Å²) in [5.74, 6) is 0.845. The van der Waals surface area contributed by atoms with Crippen molar-refractivity contribution in [3.63, 3.8) is 0 Å². The molecule has 2 aromatic heterocycles. The van der Waals surface area contributed by atoms with Gasteiger partial charge in [0, 0.05) is 19.3 Å². The first-order valence-corrected chi connectivity index (χ1v) is 7.52. The number of nitrogens with zero attached hydrogens (tertiary/aromatic N) is 6. The summed E-state index contributed by atoms with van der Waals surface area (Å²) in [5, 5.41) is 13.0. The van der Waals surface area contributed by atoms with Gasteiger partial charge in [0.05, 0.1) is 18.8 Å². The molecule has 0 aromatic carbocycles. The molecule has 23 heavy (non-hydrogen) atoms. The lowest BCUT2D eigenvalue weighted by Crippen LogP contribution is -2.27. The van der Waals surface area contributed by atoms with E-state index in [0.29, 0.717) is 18.8 Å². The van der Waals surface area contributed by atoms with Gasteiger partial charge in [-0.2, -0.15) is 10.4 Å². The number of hydrogen-bond acceptors (Lipinski definition) is 7. The number of hydrogen-bond donors (Lipinski definition) is 0. The van der Waals surface area contributed by atoms with Crippen molar-refractivity contribution in [2.45, 2.75) is 18.2 Å². The number of rotatable bonds is 2. The number of pyridine rings is 1. The predicted octanol–water partition coefficient (Wildman–Crippen LogP) is 0.390. The summed E-state index contributed by atoms with van der Waals surface area (Å²) in [5.41, 5.74) is 0.560. The van der Waals surface area contributed by atoms with Crippen molar-refractivity contribution < 1.29 is 9.47 Å². The molecule has 4 rings (SSSR count). The SMILES string of the molecule is N#Cc1ccc(N2C[C@@H]3OCC(n4cncn4)CO[C@H]3C2)nc1. The molecule has 0 aliphatic carbocycles. The Kier molecular flexibility index (Phi) is 3.65. The van der Waals surface area contributed by atoms with Crippen molar-refractivity contribution in [1.29, 1.82) is 5.26 Å². The fourth-order valence-corrected chi connectivity index (χ4v) is 2.97. The highest BCUT2D eigenvalue weighted by Gasteiger charge is 2.38. The minimum absolute atomic E-state index is 0.0148. The monoisotopic (exact) mass is 312 g/mol. The van der Waals surface area contributed by atoms with Gasteiger partial charge in [-0.3, -0.25) is 0 Å². The van der Waals surface area contributed by atoms with Crippen molar-refractivity contribution in [1.82, 2.24) is 19.7 Å². The van der Waals surface area contributed by atoms with Crippen LogP contribution in [0.5, 0.6) is 0 Å². The lowest BCUT2D eigenvalue weighted by atomic mass is 10.3. The molecule has 4 heterocycles. The van der Waals surface area contributed by atoms with Gasteiger partial charge in [-0.05, 0) is 12.1 Å². The first-order valence-electron chi connectivity index (χ1n) is 7.52. The molecular formula is C15H16N6O2. The van der Waals surface area contributed by atoms with E-state index in [1.165, 1.54) is 6.33 Å². The van der Waals surface area contributed by atoms with Gasteiger partial charge < -0.3 is 14.4 Å². The lowest BCUT2D eigenvalue weighted by molar-refractivity contribution is -0.00461. The van der Waals surface area contributed by atoms with Gasteiger partial charge in [0.2, 0.25) is 0 Å². The summed E-state index contributed by atoms with van der Waals surface area (Å²) in [6.07, 6.45) is 4.82. The molecule has 2 saturated heterocycles. The van der Waals surface area contributed by atoms with E-state index in [1.807, 2.05) is 6.07 Å². The van der Waals surface area contributed by atoms with Gasteiger partial charge in [0.15, 0.2) is 0 Å². The second-order valence-corrected chi connectivity index (χ2v) is 5.69. The van der Waals surface area contributed by atoms with Crippen LogP contribution in [-0.4, -0.2) is 58.3 Å². The molecule has 0 amide bonds. The van der Waals surface area contributed by atoms with Crippen molar-refractivity contribution in [2.75, 3.05) is 31.2 Å². The molecule has 8 heteroatoms. The van der Waals surface area contributed by atoms with E-state index < -0.39 is 0 Å². The van der Waals surface area contributed by atoms with Crippen molar-refractivity contribution in [2.24, 2.45) is 0 Å². The Morgan fingerprint density at radius 3 is 2.52 bits per heavy atom. The fourth-order valence-electron chi connectivity index (χ4n) is 2.97. The van der Waals surface area contributed by atoms with Crippen LogP contribution in [0.4, 0.5) is 5.82 Å². The standard InChI is InChI=1S/C15H16N6O2/c16-3-11-1-2-15(18-4-11)20-5-13-14(6-20)23-8-12(7-22-13)21-10-17-9-19-21/h1-2,4,9-10,12-14H,5-8H2/t13-,14-/m0/s1. The third-order valence-corrected chi connectivity index (χ3v) is 4.23. The molecule has 118 valence electrons. The van der Waals surface area contributed by atoms with E-state index in [-0.39, 0.29) is 18.2 Å². The van der Waals surface area contributed by atoms with Gasteiger partial charge in [-0.25, -0.2) is 14.6 Å². The largest absolute Gasteiger partial charge is 0.371 e. The molecule has 0 radical (unpaired) electrons. The molecule has 0 N–H and O–H groups in total. The predicted molar refractivity (Wildman–Crippen MR) is 79.7 cm³/mol. The molecule has 0 spiro atoms. The third kappa shape index (κ3) is 2.76. The zero-order valence-corrected chi connectivity index (χ0v) is 12.4. The first kappa shape index (κ1) is 14.1. The molecule has 2 aliphatic heterocycles. The molecule has 2 aliphatic rings. The van der Waals surface area contributed by atoms with Crippen LogP contribution in [0.15, 0.2) is 31.0 Å². The van der Waals surface area contributed by atoms with E-state index in [1.54, 1.807) is 23.3 Å². The Bertz CT molecular complexity index is 680. The molecule has 0 saturated carbocycles. The molecule has 0 bridgehead atoms. The zero-order valence-electron chi connectivity index (χ0n) is 12.4. The Labute approximate surface area is 133 Å². The lowest BCUT2D eigenvalue weighted by Gasteiger charge is -2.19. The highest BCUT2D eigenvalue weighted by atomic mass is 16.6. The van der Waals surface area contributed by atoms with Crippen LogP contribution in [0.2, 0.25) is 0 Å². The van der Waals surface area contributed by atoms with Crippen LogP contribution < -0.4 is 4.90 Å². The normalized spacial score (nSPS) is 24.9. The third-order valence-electron chi connectivity index (χ3n) is 4.23. The highest BCUT2D eigenvalue weighted by molar-refractivity contribution is 5.43. The zero-order chi connectivity index (χ0) is 15.6. The maximum Gasteiger partial charge on any atom is 0.137 e. The van der Waals surface area contributed by atoms with Crippen molar-refractivity contribution in [3.05, 3.63) is 36.5 Å². The molecule has 2 aromatic rings. The van der Waals surface area contributed by atoms with Crippen LogP contribution in [0.3, 0.4) is 0 Å². The van der Waals surface area contributed by atoms with Crippen molar-refractivity contribution >= 4 is 5.82 Å². The average Bonchev–Trinajstić information content (AvgIpc) is 3.22. The van der Waals surface area contributed by atoms with E-state index in [4.69, 9.17) is 14.7 Å². The smallest absolute Gasteiger partial charge is 0.137 e. The van der Waals surface area contributed by atoms with Crippen LogP contribution in [0.25, 0.3) is 0 Å². The average molecular weight is 312 g/mol. The van der Waals surface area contributed by atoms with Crippen LogP contribution >= 0.6 is 0 Å². The van der Waals surface area contributed by atoms with Gasteiger partial charge in [-0.15, -0.1) is 0 Å². The highest BCUT2D eigenvalue weighted by Crippen LogP contribution is 2.26. The van der Waals surface area contributed by atoms with Gasteiger partial charge >= 0.3 is 0 Å². The molecule has 0 unspecified atom stereocenters. The topological polar surface area (TPSA) is 89.1 Å². The quantitative estimate of drug-likeness (QED) is 0.792. The number of anilines is 1. The first-order chi connectivity index (χ1) is 11.3. The Morgan fingerprint density at radius 1 is 1.17 bits per heavy atom. The number of nitriles is 1. The maximum atomic E-state index is 8.84. The van der Waals surface area contributed by atoms with Gasteiger partial charge in [0.1, 0.15) is 42.8 Å². The maximum absolute atomic E-state index is 8.84. The molecular weight excluding hydrogens is 296 g/mol. The van der Waals surface area contributed by atoms with Gasteiger partial charge in [-0.1, -0.05) is 0 Å². The summed E-state index contributed by atoms with van der Waals surface area (Å²) >= 11 is 0.